The predicted octanol–water partition coefficient (Wildman–Crippen LogP) is 3.31. The summed E-state index contributed by atoms with van der Waals surface area (Å²) in [5.74, 6) is -2.03. The molecule has 0 spiro atoms. The van der Waals surface area contributed by atoms with Crippen LogP contribution in [0.15, 0.2) is 76.7 Å². The van der Waals surface area contributed by atoms with Crippen molar-refractivity contribution in [1.29, 1.82) is 0 Å². The fraction of sp³-hybridized carbons (Fsp3) is 0.0435. The van der Waals surface area contributed by atoms with Gasteiger partial charge >= 0.3 is 12.0 Å². The van der Waals surface area contributed by atoms with E-state index < -0.39 is 23.8 Å². The lowest BCUT2D eigenvalue weighted by molar-refractivity contribution is -0.130. The van der Waals surface area contributed by atoms with Gasteiger partial charge in [-0.3, -0.25) is 19.8 Å². The van der Waals surface area contributed by atoms with Gasteiger partial charge in [0, 0.05) is 5.56 Å². The Labute approximate surface area is 176 Å². The van der Waals surface area contributed by atoms with Crippen LogP contribution in [0, 0.1) is 0 Å². The number of hydrogen-bond donors (Lipinski definition) is 2. The third-order valence-corrected chi connectivity index (χ3v) is 4.68. The summed E-state index contributed by atoms with van der Waals surface area (Å²) >= 11 is 0. The number of benzene rings is 2. The fourth-order valence-electron chi connectivity index (χ4n) is 3.14. The van der Waals surface area contributed by atoms with Gasteiger partial charge in [-0.2, -0.15) is 0 Å². The van der Waals surface area contributed by atoms with E-state index in [1.54, 1.807) is 48.5 Å². The molecule has 8 nitrogen and oxygen atoms in total. The topological polar surface area (TPSA) is 117 Å². The molecule has 1 saturated heterocycles. The highest BCUT2D eigenvalue weighted by Crippen LogP contribution is 2.25. The molecular weight excluding hydrogens is 400 g/mol. The van der Waals surface area contributed by atoms with Crippen molar-refractivity contribution in [3.8, 4) is 11.3 Å². The summed E-state index contributed by atoms with van der Waals surface area (Å²) in [5, 5.41) is 11.3. The van der Waals surface area contributed by atoms with Crippen LogP contribution in [0.4, 0.5) is 4.79 Å². The van der Waals surface area contributed by atoms with Crippen molar-refractivity contribution in [1.82, 2.24) is 10.2 Å². The molecule has 2 N–H and O–H groups in total. The van der Waals surface area contributed by atoms with E-state index in [1.807, 2.05) is 6.07 Å². The first-order valence-electron chi connectivity index (χ1n) is 9.29. The third kappa shape index (κ3) is 4.13. The Kier molecular flexibility index (Phi) is 5.19. The largest absolute Gasteiger partial charge is 0.478 e. The number of urea groups is 1. The third-order valence-electron chi connectivity index (χ3n) is 4.68. The second kappa shape index (κ2) is 8.11. The molecule has 3 aromatic rings. The van der Waals surface area contributed by atoms with Gasteiger partial charge < -0.3 is 9.52 Å². The molecule has 2 aromatic carbocycles. The summed E-state index contributed by atoms with van der Waals surface area (Å²) in [7, 11) is 0. The van der Waals surface area contributed by atoms with Crippen molar-refractivity contribution in [2.45, 2.75) is 6.54 Å². The summed E-state index contributed by atoms with van der Waals surface area (Å²) in [6.45, 7) is 0.0154. The summed E-state index contributed by atoms with van der Waals surface area (Å²) in [6, 6.07) is 17.5. The number of aromatic carboxylic acids is 1. The van der Waals surface area contributed by atoms with Gasteiger partial charge in [0.05, 0.1) is 12.1 Å². The number of furan rings is 1. The zero-order chi connectivity index (χ0) is 22.0. The van der Waals surface area contributed by atoms with Crippen LogP contribution in [0.2, 0.25) is 0 Å². The van der Waals surface area contributed by atoms with Gasteiger partial charge in [0.15, 0.2) is 0 Å². The SMILES string of the molecule is O=C1NC(=O)N(Cc2ccccc2)C(=O)C1=Cc1ccc(-c2cccc(C(=O)O)c2)o1. The average molecular weight is 416 g/mol. The molecule has 2 heterocycles. The normalized spacial score (nSPS) is 15.3. The van der Waals surface area contributed by atoms with Crippen LogP contribution in [-0.4, -0.2) is 33.8 Å². The lowest BCUT2D eigenvalue weighted by Crippen LogP contribution is -2.53. The minimum Gasteiger partial charge on any atom is -0.478 e. The molecule has 0 atom stereocenters. The molecule has 1 aliphatic rings. The molecule has 1 fully saturated rings. The lowest BCUT2D eigenvalue weighted by Gasteiger charge is -2.26. The minimum absolute atomic E-state index is 0.0154. The van der Waals surface area contributed by atoms with Gasteiger partial charge in [0.25, 0.3) is 11.8 Å². The van der Waals surface area contributed by atoms with Crippen LogP contribution in [-0.2, 0) is 16.1 Å². The molecule has 1 aliphatic heterocycles. The monoisotopic (exact) mass is 416 g/mol. The summed E-state index contributed by atoms with van der Waals surface area (Å²) in [4.78, 5) is 49.4. The van der Waals surface area contributed by atoms with Crippen LogP contribution < -0.4 is 5.32 Å². The van der Waals surface area contributed by atoms with E-state index in [9.17, 15) is 19.2 Å². The number of nitrogens with one attached hydrogen (secondary N) is 1. The predicted molar refractivity (Wildman–Crippen MR) is 110 cm³/mol. The van der Waals surface area contributed by atoms with Crippen LogP contribution in [0.5, 0.6) is 0 Å². The van der Waals surface area contributed by atoms with Crippen LogP contribution in [0.3, 0.4) is 0 Å². The summed E-state index contributed by atoms with van der Waals surface area (Å²) < 4.78 is 5.68. The van der Waals surface area contributed by atoms with E-state index in [2.05, 4.69) is 5.32 Å². The fourth-order valence-corrected chi connectivity index (χ4v) is 3.14. The summed E-state index contributed by atoms with van der Waals surface area (Å²) in [6.07, 6.45) is 1.26. The number of amides is 4. The molecule has 4 rings (SSSR count). The first-order valence-corrected chi connectivity index (χ1v) is 9.29. The number of hydrogen-bond acceptors (Lipinski definition) is 5. The van der Waals surface area contributed by atoms with Crippen molar-refractivity contribution < 1.29 is 28.7 Å². The highest BCUT2D eigenvalue weighted by atomic mass is 16.4. The highest BCUT2D eigenvalue weighted by Gasteiger charge is 2.35. The Morgan fingerprint density at radius 3 is 2.52 bits per heavy atom. The van der Waals surface area contributed by atoms with Crippen molar-refractivity contribution in [2.24, 2.45) is 0 Å². The van der Waals surface area contributed by atoms with Crippen LogP contribution in [0.1, 0.15) is 21.7 Å². The van der Waals surface area contributed by atoms with Gasteiger partial charge in [-0.15, -0.1) is 0 Å². The van der Waals surface area contributed by atoms with Crippen molar-refractivity contribution in [3.05, 3.63) is 89.2 Å². The number of carboxylic acids is 1. The first kappa shape index (κ1) is 19.8. The minimum atomic E-state index is -1.07. The molecule has 0 radical (unpaired) electrons. The van der Waals surface area contributed by atoms with E-state index in [-0.39, 0.29) is 23.4 Å². The number of carboxylic acid groups (broad SMARTS) is 1. The van der Waals surface area contributed by atoms with Crippen molar-refractivity contribution >= 4 is 29.9 Å². The molecular formula is C23H16N2O6. The van der Waals surface area contributed by atoms with E-state index in [0.29, 0.717) is 11.3 Å². The second-order valence-corrected chi connectivity index (χ2v) is 6.78. The smallest absolute Gasteiger partial charge is 0.335 e. The van der Waals surface area contributed by atoms with Gasteiger partial charge in [0.1, 0.15) is 17.1 Å². The highest BCUT2D eigenvalue weighted by molar-refractivity contribution is 6.30. The molecule has 0 unspecified atom stereocenters. The van der Waals surface area contributed by atoms with Crippen molar-refractivity contribution in [2.75, 3.05) is 0 Å². The molecule has 0 bridgehead atoms. The Hall–Kier alpha value is -4.46. The van der Waals surface area contributed by atoms with Crippen LogP contribution in [0.25, 0.3) is 17.4 Å². The van der Waals surface area contributed by atoms with Gasteiger partial charge in [-0.25, -0.2) is 9.59 Å². The molecule has 0 aliphatic carbocycles. The van der Waals surface area contributed by atoms with Gasteiger partial charge in [-0.1, -0.05) is 42.5 Å². The van der Waals surface area contributed by atoms with E-state index in [1.165, 1.54) is 18.2 Å². The molecule has 8 heteroatoms. The number of carbonyl (C=O) groups excluding carboxylic acids is 3. The maximum Gasteiger partial charge on any atom is 0.335 e. The Morgan fingerprint density at radius 2 is 1.77 bits per heavy atom. The van der Waals surface area contributed by atoms with E-state index in [4.69, 9.17) is 9.52 Å². The molecule has 154 valence electrons. The number of barbiturate groups is 1. The molecule has 31 heavy (non-hydrogen) atoms. The quantitative estimate of drug-likeness (QED) is 0.487. The number of nitrogens with zero attached hydrogens (tertiary/aromatic N) is 1. The van der Waals surface area contributed by atoms with Crippen molar-refractivity contribution in [3.63, 3.8) is 0 Å². The van der Waals surface area contributed by atoms with Crippen LogP contribution >= 0.6 is 0 Å². The number of carbonyl (C=O) groups is 4. The number of rotatable bonds is 5. The standard InChI is InChI=1S/C23H16N2O6/c26-20-18(21(27)25(23(30)24-20)13-14-5-2-1-3-6-14)12-17-9-10-19(31-17)15-7-4-8-16(11-15)22(28)29/h1-12H,13H2,(H,28,29)(H,24,26,30). The molecule has 4 amide bonds. The van der Waals surface area contributed by atoms with E-state index in [0.717, 1.165) is 10.5 Å². The Balaban J connectivity index is 1.61. The maximum atomic E-state index is 12.8. The Bertz CT molecular complexity index is 1230. The Morgan fingerprint density at radius 1 is 1.00 bits per heavy atom. The average Bonchev–Trinajstić information content (AvgIpc) is 3.24. The summed E-state index contributed by atoms with van der Waals surface area (Å²) in [5.41, 5.74) is 1.13. The number of imide groups is 2. The molecule has 0 saturated carbocycles. The second-order valence-electron chi connectivity index (χ2n) is 6.78. The first-order chi connectivity index (χ1) is 14.9. The van der Waals surface area contributed by atoms with Gasteiger partial charge in [0.2, 0.25) is 0 Å². The zero-order valence-corrected chi connectivity index (χ0v) is 16.1. The van der Waals surface area contributed by atoms with E-state index >= 15 is 0 Å². The lowest BCUT2D eigenvalue weighted by atomic mass is 10.1. The molecule has 1 aromatic heterocycles. The maximum absolute atomic E-state index is 12.8. The van der Waals surface area contributed by atoms with Gasteiger partial charge in [-0.05, 0) is 35.9 Å². The zero-order valence-electron chi connectivity index (χ0n) is 16.1.